The smallest absolute Gasteiger partial charge is 0.257 e. The number of likely N-dealkylation sites (tertiary alicyclic amines) is 1. The number of piperidine rings is 1. The minimum Gasteiger partial charge on any atom is -0.378 e. The summed E-state index contributed by atoms with van der Waals surface area (Å²) >= 11 is 0. The second-order valence-corrected chi connectivity index (χ2v) is 8.49. The molecule has 3 heterocycles. The van der Waals surface area contributed by atoms with E-state index < -0.39 is 0 Å². The van der Waals surface area contributed by atoms with Gasteiger partial charge in [0.05, 0.1) is 36.4 Å². The van der Waals surface area contributed by atoms with Crippen molar-refractivity contribution in [2.75, 3.05) is 39.4 Å². The lowest BCUT2D eigenvalue weighted by Gasteiger charge is -2.35. The molecule has 1 aromatic carbocycles. The fraction of sp³-hybridized carbons (Fsp3) is 0.522. The van der Waals surface area contributed by atoms with Crippen molar-refractivity contribution in [3.8, 4) is 5.69 Å². The third-order valence-electron chi connectivity index (χ3n) is 6.11. The van der Waals surface area contributed by atoms with Gasteiger partial charge in [0.25, 0.3) is 5.91 Å². The highest BCUT2D eigenvalue weighted by molar-refractivity contribution is 5.95. The van der Waals surface area contributed by atoms with E-state index in [1.807, 2.05) is 23.6 Å². The zero-order valence-corrected chi connectivity index (χ0v) is 18.1. The highest BCUT2D eigenvalue weighted by atomic mass is 19.1. The summed E-state index contributed by atoms with van der Waals surface area (Å²) in [6.45, 7) is 7.63. The number of hydrogen-bond acceptors (Lipinski definition) is 4. The summed E-state index contributed by atoms with van der Waals surface area (Å²) in [7, 11) is 0. The Balaban J connectivity index is 1.46. The van der Waals surface area contributed by atoms with Gasteiger partial charge in [-0.25, -0.2) is 9.07 Å². The van der Waals surface area contributed by atoms with Gasteiger partial charge in [0.15, 0.2) is 0 Å². The minimum absolute atomic E-state index is 0.0337. The van der Waals surface area contributed by atoms with E-state index in [9.17, 15) is 14.0 Å². The molecule has 4 rings (SSSR count). The molecule has 2 aromatic rings. The molecule has 31 heavy (non-hydrogen) atoms. The highest BCUT2D eigenvalue weighted by Crippen LogP contribution is 2.27. The van der Waals surface area contributed by atoms with Gasteiger partial charge in [0, 0.05) is 32.1 Å². The summed E-state index contributed by atoms with van der Waals surface area (Å²) in [6.07, 6.45) is 2.95. The van der Waals surface area contributed by atoms with Crippen LogP contribution in [0.1, 0.15) is 48.7 Å². The van der Waals surface area contributed by atoms with Crippen molar-refractivity contribution >= 4 is 11.8 Å². The maximum atomic E-state index is 13.3. The number of carbonyl (C=O) groups is 2. The summed E-state index contributed by atoms with van der Waals surface area (Å²) in [5.74, 6) is -0.162. The van der Waals surface area contributed by atoms with Crippen molar-refractivity contribution in [3.63, 3.8) is 0 Å². The summed E-state index contributed by atoms with van der Waals surface area (Å²) in [5, 5.41) is 4.43. The normalized spacial score (nSPS) is 17.9. The molecular weight excluding hydrogens is 399 g/mol. The number of halogens is 1. The predicted molar refractivity (Wildman–Crippen MR) is 114 cm³/mol. The summed E-state index contributed by atoms with van der Waals surface area (Å²) in [4.78, 5) is 29.8. The molecule has 8 heteroatoms. The van der Waals surface area contributed by atoms with E-state index in [1.54, 1.807) is 23.0 Å². The molecule has 0 N–H and O–H groups in total. The standard InChI is InChI=1S/C23H29FN4O3/c1-16(2)21-20(15-25-28(21)19-5-3-18(24)4-6-19)23(30)26-9-7-17(8-10-26)22(29)27-11-13-31-14-12-27/h3-6,15-17H,7-14H2,1-2H3. The second-order valence-electron chi connectivity index (χ2n) is 8.49. The number of rotatable bonds is 4. The van der Waals surface area contributed by atoms with Crippen LogP contribution in [0, 0.1) is 11.7 Å². The molecule has 7 nitrogen and oxygen atoms in total. The van der Waals surface area contributed by atoms with Gasteiger partial charge >= 0.3 is 0 Å². The lowest BCUT2D eigenvalue weighted by molar-refractivity contribution is -0.141. The van der Waals surface area contributed by atoms with Crippen molar-refractivity contribution < 1.29 is 18.7 Å². The van der Waals surface area contributed by atoms with Crippen LogP contribution in [0.2, 0.25) is 0 Å². The monoisotopic (exact) mass is 428 g/mol. The average Bonchev–Trinajstić information content (AvgIpc) is 3.25. The fourth-order valence-electron chi connectivity index (χ4n) is 4.41. The Hall–Kier alpha value is -2.74. The third-order valence-corrected chi connectivity index (χ3v) is 6.11. The van der Waals surface area contributed by atoms with Gasteiger partial charge in [-0.05, 0) is 43.0 Å². The fourth-order valence-corrected chi connectivity index (χ4v) is 4.41. The highest BCUT2D eigenvalue weighted by Gasteiger charge is 2.32. The number of benzene rings is 1. The van der Waals surface area contributed by atoms with Gasteiger partial charge in [-0.2, -0.15) is 5.10 Å². The maximum Gasteiger partial charge on any atom is 0.257 e. The lowest BCUT2D eigenvalue weighted by Crippen LogP contribution is -2.47. The lowest BCUT2D eigenvalue weighted by atomic mass is 9.94. The molecule has 0 bridgehead atoms. The summed E-state index contributed by atoms with van der Waals surface area (Å²) < 4.78 is 20.4. The average molecular weight is 429 g/mol. The van der Waals surface area contributed by atoms with Crippen LogP contribution >= 0.6 is 0 Å². The number of hydrogen-bond donors (Lipinski definition) is 0. The largest absolute Gasteiger partial charge is 0.378 e. The third kappa shape index (κ3) is 4.49. The van der Waals surface area contributed by atoms with Crippen molar-refractivity contribution in [2.24, 2.45) is 5.92 Å². The second kappa shape index (κ2) is 9.18. The molecule has 2 aliphatic heterocycles. The van der Waals surface area contributed by atoms with Crippen LogP contribution in [-0.2, 0) is 9.53 Å². The van der Waals surface area contributed by atoms with Gasteiger partial charge in [0.1, 0.15) is 5.82 Å². The van der Waals surface area contributed by atoms with Crippen molar-refractivity contribution in [2.45, 2.75) is 32.6 Å². The molecule has 2 fully saturated rings. The van der Waals surface area contributed by atoms with Gasteiger partial charge in [0.2, 0.25) is 5.91 Å². The number of amides is 2. The van der Waals surface area contributed by atoms with E-state index in [0.29, 0.717) is 57.8 Å². The molecule has 0 unspecified atom stereocenters. The topological polar surface area (TPSA) is 67.7 Å². The number of ether oxygens (including phenoxy) is 1. The molecule has 0 aliphatic carbocycles. The Morgan fingerprint density at radius 1 is 1.03 bits per heavy atom. The Morgan fingerprint density at radius 3 is 2.29 bits per heavy atom. The molecule has 2 amide bonds. The Labute approximate surface area is 181 Å². The van der Waals surface area contributed by atoms with Crippen LogP contribution in [0.4, 0.5) is 4.39 Å². The van der Waals surface area contributed by atoms with Crippen LogP contribution in [0.15, 0.2) is 30.5 Å². The molecule has 2 aliphatic rings. The van der Waals surface area contributed by atoms with Gasteiger partial charge in [-0.3, -0.25) is 9.59 Å². The molecular formula is C23H29FN4O3. The first-order valence-corrected chi connectivity index (χ1v) is 11.0. The molecule has 1 aromatic heterocycles. The van der Waals surface area contributed by atoms with Crippen LogP contribution in [-0.4, -0.2) is 70.8 Å². The first-order chi connectivity index (χ1) is 15.0. The first kappa shape index (κ1) is 21.5. The maximum absolute atomic E-state index is 13.3. The van der Waals surface area contributed by atoms with E-state index in [-0.39, 0.29) is 29.5 Å². The quantitative estimate of drug-likeness (QED) is 0.751. The molecule has 0 saturated carbocycles. The zero-order chi connectivity index (χ0) is 22.0. The van der Waals surface area contributed by atoms with Gasteiger partial charge in [-0.15, -0.1) is 0 Å². The molecule has 0 atom stereocenters. The number of morpholine rings is 1. The summed E-state index contributed by atoms with van der Waals surface area (Å²) in [5.41, 5.74) is 2.10. The first-order valence-electron chi connectivity index (χ1n) is 11.0. The SMILES string of the molecule is CC(C)c1c(C(=O)N2CCC(C(=O)N3CCOCC3)CC2)cnn1-c1ccc(F)cc1. The number of carbonyl (C=O) groups excluding carboxylic acids is 2. The molecule has 2 saturated heterocycles. The van der Waals surface area contributed by atoms with Crippen LogP contribution in [0.5, 0.6) is 0 Å². The predicted octanol–water partition coefficient (Wildman–Crippen LogP) is 2.85. The van der Waals surface area contributed by atoms with Gasteiger partial charge in [-0.1, -0.05) is 13.8 Å². The van der Waals surface area contributed by atoms with E-state index >= 15 is 0 Å². The van der Waals surface area contributed by atoms with E-state index in [1.165, 1.54) is 12.1 Å². The molecule has 166 valence electrons. The van der Waals surface area contributed by atoms with Gasteiger partial charge < -0.3 is 14.5 Å². The Kier molecular flexibility index (Phi) is 6.36. The van der Waals surface area contributed by atoms with E-state index in [0.717, 1.165) is 11.4 Å². The number of aromatic nitrogens is 2. The van der Waals surface area contributed by atoms with Crippen LogP contribution in [0.3, 0.4) is 0 Å². The van der Waals surface area contributed by atoms with E-state index in [4.69, 9.17) is 4.74 Å². The van der Waals surface area contributed by atoms with Crippen molar-refractivity contribution in [1.29, 1.82) is 0 Å². The summed E-state index contributed by atoms with van der Waals surface area (Å²) in [6, 6.07) is 6.09. The molecule has 0 radical (unpaired) electrons. The Morgan fingerprint density at radius 2 is 1.68 bits per heavy atom. The zero-order valence-electron chi connectivity index (χ0n) is 18.1. The van der Waals surface area contributed by atoms with Crippen molar-refractivity contribution in [1.82, 2.24) is 19.6 Å². The van der Waals surface area contributed by atoms with Crippen LogP contribution < -0.4 is 0 Å². The minimum atomic E-state index is -0.312. The van der Waals surface area contributed by atoms with Crippen LogP contribution in [0.25, 0.3) is 5.69 Å². The Bertz CT molecular complexity index is 927. The molecule has 0 spiro atoms. The van der Waals surface area contributed by atoms with E-state index in [2.05, 4.69) is 5.10 Å². The van der Waals surface area contributed by atoms with Crippen molar-refractivity contribution in [3.05, 3.63) is 47.5 Å². The number of nitrogens with zero attached hydrogens (tertiary/aromatic N) is 4.